The predicted octanol–water partition coefficient (Wildman–Crippen LogP) is 1.73. The summed E-state index contributed by atoms with van der Waals surface area (Å²) in [5.74, 6) is 1.57. The maximum atomic E-state index is 5.58. The van der Waals surface area contributed by atoms with Gasteiger partial charge < -0.3 is 15.0 Å². The Kier molecular flexibility index (Phi) is 5.26. The highest BCUT2D eigenvalue weighted by molar-refractivity contribution is 4.83. The molecule has 2 rings (SSSR count). The van der Waals surface area contributed by atoms with Gasteiger partial charge in [-0.25, -0.2) is 0 Å². The standard InChI is InChI=1S/C14H28N2O/c1-3-12(2)14-10-16(7-6-15-14)9-13-5-4-8-17-11-13/h12-15H,3-11H2,1-2H3. The van der Waals surface area contributed by atoms with E-state index in [1.165, 1.54) is 38.9 Å². The van der Waals surface area contributed by atoms with Gasteiger partial charge in [-0.2, -0.15) is 0 Å². The van der Waals surface area contributed by atoms with Gasteiger partial charge in [0.1, 0.15) is 0 Å². The fourth-order valence-electron chi connectivity index (χ4n) is 2.99. The molecule has 0 saturated carbocycles. The molecule has 0 bridgehead atoms. The average Bonchev–Trinajstić information content (AvgIpc) is 2.39. The van der Waals surface area contributed by atoms with Crippen molar-refractivity contribution in [2.24, 2.45) is 11.8 Å². The molecule has 100 valence electrons. The molecule has 0 aliphatic carbocycles. The van der Waals surface area contributed by atoms with Crippen LogP contribution in [0.4, 0.5) is 0 Å². The third-order valence-corrected chi connectivity index (χ3v) is 4.39. The molecule has 1 N–H and O–H groups in total. The Morgan fingerprint density at radius 2 is 2.35 bits per heavy atom. The maximum Gasteiger partial charge on any atom is 0.0506 e. The molecule has 2 heterocycles. The van der Waals surface area contributed by atoms with Crippen LogP contribution in [0.5, 0.6) is 0 Å². The Bertz CT molecular complexity index is 214. The zero-order valence-electron chi connectivity index (χ0n) is 11.5. The van der Waals surface area contributed by atoms with Crippen molar-refractivity contribution in [3.05, 3.63) is 0 Å². The molecule has 0 spiro atoms. The first kappa shape index (κ1) is 13.3. The molecule has 3 atom stereocenters. The quantitative estimate of drug-likeness (QED) is 0.810. The van der Waals surface area contributed by atoms with E-state index in [1.54, 1.807) is 0 Å². The van der Waals surface area contributed by atoms with Gasteiger partial charge in [0.25, 0.3) is 0 Å². The highest BCUT2D eigenvalue weighted by Crippen LogP contribution is 2.18. The molecule has 2 fully saturated rings. The third-order valence-electron chi connectivity index (χ3n) is 4.39. The fraction of sp³-hybridized carbons (Fsp3) is 1.00. The van der Waals surface area contributed by atoms with E-state index in [4.69, 9.17) is 4.74 Å². The zero-order valence-corrected chi connectivity index (χ0v) is 11.5. The number of piperazine rings is 1. The van der Waals surface area contributed by atoms with E-state index < -0.39 is 0 Å². The van der Waals surface area contributed by atoms with Crippen molar-refractivity contribution in [2.45, 2.75) is 39.2 Å². The molecule has 0 aromatic rings. The second-order valence-corrected chi connectivity index (χ2v) is 5.79. The largest absolute Gasteiger partial charge is 0.381 e. The number of nitrogens with zero attached hydrogens (tertiary/aromatic N) is 1. The van der Waals surface area contributed by atoms with Crippen LogP contribution in [0.3, 0.4) is 0 Å². The molecule has 3 nitrogen and oxygen atoms in total. The Hall–Kier alpha value is -0.120. The van der Waals surface area contributed by atoms with Gasteiger partial charge in [-0.15, -0.1) is 0 Å². The van der Waals surface area contributed by atoms with Crippen LogP contribution in [0, 0.1) is 11.8 Å². The van der Waals surface area contributed by atoms with E-state index in [2.05, 4.69) is 24.1 Å². The van der Waals surface area contributed by atoms with Gasteiger partial charge in [-0.3, -0.25) is 0 Å². The van der Waals surface area contributed by atoms with Crippen molar-refractivity contribution in [1.82, 2.24) is 10.2 Å². The van der Waals surface area contributed by atoms with E-state index >= 15 is 0 Å². The Morgan fingerprint density at radius 1 is 1.47 bits per heavy atom. The van der Waals surface area contributed by atoms with Crippen LogP contribution < -0.4 is 5.32 Å². The van der Waals surface area contributed by atoms with Crippen LogP contribution in [0.1, 0.15) is 33.1 Å². The van der Waals surface area contributed by atoms with E-state index in [9.17, 15) is 0 Å². The fourth-order valence-corrected chi connectivity index (χ4v) is 2.99. The first-order valence-corrected chi connectivity index (χ1v) is 7.33. The summed E-state index contributed by atoms with van der Waals surface area (Å²) in [4.78, 5) is 2.65. The van der Waals surface area contributed by atoms with Crippen LogP contribution >= 0.6 is 0 Å². The lowest BCUT2D eigenvalue weighted by atomic mass is 9.95. The summed E-state index contributed by atoms with van der Waals surface area (Å²) in [6.45, 7) is 11.5. The first-order chi connectivity index (χ1) is 8.29. The van der Waals surface area contributed by atoms with Gasteiger partial charge >= 0.3 is 0 Å². The number of nitrogens with one attached hydrogen (secondary N) is 1. The third kappa shape index (κ3) is 3.94. The maximum absolute atomic E-state index is 5.58. The first-order valence-electron chi connectivity index (χ1n) is 7.33. The van der Waals surface area contributed by atoms with Crippen molar-refractivity contribution in [1.29, 1.82) is 0 Å². The van der Waals surface area contributed by atoms with E-state index in [1.807, 2.05) is 0 Å². The molecule has 17 heavy (non-hydrogen) atoms. The normalized spacial score (nSPS) is 33.5. The van der Waals surface area contributed by atoms with Crippen molar-refractivity contribution in [2.75, 3.05) is 39.4 Å². The summed E-state index contributed by atoms with van der Waals surface area (Å²) in [6.07, 6.45) is 3.89. The molecule has 2 aliphatic rings. The minimum absolute atomic E-state index is 0.693. The van der Waals surface area contributed by atoms with Gasteiger partial charge in [0.05, 0.1) is 6.61 Å². The second kappa shape index (κ2) is 6.72. The van der Waals surface area contributed by atoms with Crippen molar-refractivity contribution in [3.63, 3.8) is 0 Å². The molecular weight excluding hydrogens is 212 g/mol. The minimum Gasteiger partial charge on any atom is -0.381 e. The summed E-state index contributed by atoms with van der Waals surface area (Å²) >= 11 is 0. The summed E-state index contributed by atoms with van der Waals surface area (Å²) in [5.41, 5.74) is 0. The van der Waals surface area contributed by atoms with Crippen molar-refractivity contribution >= 4 is 0 Å². The molecule has 3 heteroatoms. The van der Waals surface area contributed by atoms with Crippen LogP contribution in [0.15, 0.2) is 0 Å². The highest BCUT2D eigenvalue weighted by atomic mass is 16.5. The topological polar surface area (TPSA) is 24.5 Å². The SMILES string of the molecule is CCC(C)C1CN(CC2CCCOC2)CCN1. The molecule has 3 unspecified atom stereocenters. The molecule has 2 saturated heterocycles. The van der Waals surface area contributed by atoms with Gasteiger partial charge in [0, 0.05) is 38.8 Å². The minimum atomic E-state index is 0.693. The molecular formula is C14H28N2O. The smallest absolute Gasteiger partial charge is 0.0506 e. The molecule has 0 radical (unpaired) electrons. The lowest BCUT2D eigenvalue weighted by Crippen LogP contribution is -2.54. The zero-order chi connectivity index (χ0) is 12.1. The molecule has 2 aliphatic heterocycles. The van der Waals surface area contributed by atoms with E-state index in [-0.39, 0.29) is 0 Å². The summed E-state index contributed by atoms with van der Waals surface area (Å²) in [6, 6.07) is 0.693. The van der Waals surface area contributed by atoms with Crippen molar-refractivity contribution in [3.8, 4) is 0 Å². The Morgan fingerprint density at radius 3 is 3.06 bits per heavy atom. The Labute approximate surface area is 106 Å². The predicted molar refractivity (Wildman–Crippen MR) is 71.2 cm³/mol. The van der Waals surface area contributed by atoms with E-state index in [0.29, 0.717) is 6.04 Å². The summed E-state index contributed by atoms with van der Waals surface area (Å²) in [7, 11) is 0. The Balaban J connectivity index is 1.76. The average molecular weight is 240 g/mol. The van der Waals surface area contributed by atoms with Crippen LogP contribution in [0.25, 0.3) is 0 Å². The van der Waals surface area contributed by atoms with Crippen LogP contribution in [-0.4, -0.2) is 50.3 Å². The van der Waals surface area contributed by atoms with Gasteiger partial charge in [0.15, 0.2) is 0 Å². The van der Waals surface area contributed by atoms with Crippen molar-refractivity contribution < 1.29 is 4.74 Å². The molecule has 0 aromatic heterocycles. The van der Waals surface area contributed by atoms with E-state index in [0.717, 1.165) is 31.6 Å². The number of hydrogen-bond acceptors (Lipinski definition) is 3. The lowest BCUT2D eigenvalue weighted by molar-refractivity contribution is 0.0318. The van der Waals surface area contributed by atoms with Gasteiger partial charge in [-0.05, 0) is 24.7 Å². The highest BCUT2D eigenvalue weighted by Gasteiger charge is 2.25. The number of hydrogen-bond donors (Lipinski definition) is 1. The second-order valence-electron chi connectivity index (χ2n) is 5.79. The molecule has 0 aromatic carbocycles. The monoisotopic (exact) mass is 240 g/mol. The summed E-state index contributed by atoms with van der Waals surface area (Å²) in [5, 5.41) is 3.66. The summed E-state index contributed by atoms with van der Waals surface area (Å²) < 4.78 is 5.58. The van der Waals surface area contributed by atoms with Crippen LogP contribution in [-0.2, 0) is 4.74 Å². The molecule has 0 amide bonds. The lowest BCUT2D eigenvalue weighted by Gasteiger charge is -2.38. The van der Waals surface area contributed by atoms with Gasteiger partial charge in [0.2, 0.25) is 0 Å². The number of ether oxygens (including phenoxy) is 1. The van der Waals surface area contributed by atoms with Crippen LogP contribution in [0.2, 0.25) is 0 Å². The number of rotatable bonds is 4. The van der Waals surface area contributed by atoms with Gasteiger partial charge in [-0.1, -0.05) is 20.3 Å².